The Balaban J connectivity index is 0.00000648. The van der Waals surface area contributed by atoms with Crippen LogP contribution in [0.1, 0.15) is 43.1 Å². The van der Waals surface area contributed by atoms with Crippen molar-refractivity contribution in [2.45, 2.75) is 51.9 Å². The molecule has 1 aromatic heterocycles. The number of benzene rings is 1. The Hall–Kier alpha value is -1.48. The normalized spacial score (nSPS) is 14.2. The molecule has 4 N–H and O–H groups in total. The van der Waals surface area contributed by atoms with Crippen LogP contribution in [0.25, 0.3) is 0 Å². The number of aromatic nitrogens is 1. The molecule has 1 amide bonds. The van der Waals surface area contributed by atoms with Crippen LogP contribution in [0, 0.1) is 31.1 Å². The van der Waals surface area contributed by atoms with E-state index < -0.39 is 35.1 Å². The summed E-state index contributed by atoms with van der Waals surface area (Å²) < 4.78 is 14.1. The fraction of sp³-hybridized carbons (Fsp3) is 0.520. The van der Waals surface area contributed by atoms with E-state index in [1.807, 2.05) is 37.3 Å². The van der Waals surface area contributed by atoms with Gasteiger partial charge in [0.2, 0.25) is 0 Å². The van der Waals surface area contributed by atoms with Gasteiger partial charge in [-0.15, -0.1) is 0 Å². The number of nitrogens with zero attached hydrogens (tertiary/aromatic N) is 3. The van der Waals surface area contributed by atoms with Crippen LogP contribution in [-0.4, -0.2) is 77.0 Å². The molecule has 4 atom stereocenters. The Morgan fingerprint density at radius 2 is 1.67 bits per heavy atom. The second kappa shape index (κ2) is 16.4. The van der Waals surface area contributed by atoms with E-state index in [1.165, 1.54) is 0 Å². The second-order valence-electron chi connectivity index (χ2n) is 8.81. The van der Waals surface area contributed by atoms with E-state index in [4.69, 9.17) is 0 Å². The molecule has 0 saturated carbocycles. The van der Waals surface area contributed by atoms with Gasteiger partial charge >= 0.3 is 0 Å². The summed E-state index contributed by atoms with van der Waals surface area (Å²) in [4.78, 5) is 19.6. The van der Waals surface area contributed by atoms with Crippen LogP contribution >= 0.6 is 0 Å². The number of aliphatic hydroxyl groups excluding tert-OH is 3. The van der Waals surface area contributed by atoms with Crippen molar-refractivity contribution in [1.82, 2.24) is 10.3 Å². The topological polar surface area (TPSA) is 126 Å². The molecule has 2 rings (SSSR count). The van der Waals surface area contributed by atoms with Gasteiger partial charge in [0.15, 0.2) is 16.8 Å². The SMILES string of the molecule is CCCN(c1cc(C(=O)N[C@H](CO)Cc2ccccc2)cc(N(CC(C)O)CC(C)O)n1)[SH+](C)=O.[U]. The summed E-state index contributed by atoms with van der Waals surface area (Å²) in [5.74, 6) is 0.362. The first kappa shape index (κ1) is 32.6. The molecule has 1 heterocycles. The Labute approximate surface area is 240 Å². The van der Waals surface area contributed by atoms with Crippen LogP contribution in [0.2, 0.25) is 0 Å². The Kier molecular flexibility index (Phi) is 14.8. The number of carbonyl (C=O) groups excluding carboxylic acids is 1. The van der Waals surface area contributed by atoms with Crippen molar-refractivity contribution in [2.75, 3.05) is 41.7 Å². The monoisotopic (exact) mass is 745 g/mol. The molecule has 0 radical (unpaired) electrons. The molecule has 0 bridgehead atoms. The van der Waals surface area contributed by atoms with Crippen LogP contribution in [-0.2, 0) is 21.6 Å². The van der Waals surface area contributed by atoms with E-state index in [-0.39, 0.29) is 56.4 Å². The van der Waals surface area contributed by atoms with Crippen molar-refractivity contribution < 1.29 is 55.4 Å². The summed E-state index contributed by atoms with van der Waals surface area (Å²) in [5.41, 5.74) is 1.27. The van der Waals surface area contributed by atoms with Gasteiger partial charge in [0, 0.05) is 49.8 Å². The fourth-order valence-corrected chi connectivity index (χ4v) is 4.64. The van der Waals surface area contributed by atoms with Crippen molar-refractivity contribution in [3.05, 3.63) is 53.6 Å². The maximum atomic E-state index is 13.3. The van der Waals surface area contributed by atoms with E-state index >= 15 is 0 Å². The van der Waals surface area contributed by atoms with E-state index in [9.17, 15) is 24.3 Å². The predicted octanol–water partition coefficient (Wildman–Crippen LogP) is 1.44. The van der Waals surface area contributed by atoms with Crippen LogP contribution in [0.4, 0.5) is 11.6 Å². The molecule has 36 heavy (non-hydrogen) atoms. The minimum absolute atomic E-state index is 0. The number of anilines is 2. The third kappa shape index (κ3) is 10.5. The van der Waals surface area contributed by atoms with Crippen molar-refractivity contribution in [1.29, 1.82) is 0 Å². The van der Waals surface area contributed by atoms with Gasteiger partial charge in [-0.2, -0.15) is 4.31 Å². The van der Waals surface area contributed by atoms with E-state index in [0.29, 0.717) is 24.6 Å². The molecule has 0 aliphatic rings. The Morgan fingerprint density at radius 3 is 2.17 bits per heavy atom. The zero-order valence-corrected chi connectivity index (χ0v) is 26.5. The maximum Gasteiger partial charge on any atom is 0.251 e. The van der Waals surface area contributed by atoms with E-state index in [1.54, 1.807) is 41.4 Å². The number of nitrogens with one attached hydrogen (secondary N) is 1. The largest absolute Gasteiger partial charge is 0.394 e. The standard InChI is InChI=1S/C25H38N4O5S.U/c1-5-11-29(35(4)34)24-14-21(13-23(27-24)28(15-18(2)31)16-19(3)32)25(33)26-22(17-30)12-20-9-7-6-8-10-20;/h6-10,13-14,18-19,22,30-32H,5,11-12,15-17H2,1-4H3,(H,26,33);/p+1/t18?,19?,22-,35?;/m0./s1. The van der Waals surface area contributed by atoms with Gasteiger partial charge in [0.05, 0.1) is 31.4 Å². The number of hydrogen-bond acceptors (Lipinski definition) is 7. The van der Waals surface area contributed by atoms with Crippen molar-refractivity contribution in [3.8, 4) is 0 Å². The number of rotatable bonds is 14. The molecule has 0 aliphatic carbocycles. The summed E-state index contributed by atoms with van der Waals surface area (Å²) in [6.07, 6.45) is 1.39. The molecule has 198 valence electrons. The number of pyridine rings is 1. The molecule has 0 fully saturated rings. The average molecular weight is 746 g/mol. The maximum absolute atomic E-state index is 13.3. The van der Waals surface area contributed by atoms with Crippen LogP contribution in [0.5, 0.6) is 0 Å². The van der Waals surface area contributed by atoms with Crippen LogP contribution < -0.4 is 14.5 Å². The van der Waals surface area contributed by atoms with Crippen molar-refractivity contribution in [3.63, 3.8) is 0 Å². The van der Waals surface area contributed by atoms with Crippen molar-refractivity contribution >= 4 is 28.5 Å². The fourth-order valence-electron chi connectivity index (χ4n) is 3.77. The van der Waals surface area contributed by atoms with Gasteiger partial charge in [0.1, 0.15) is 12.1 Å². The molecule has 1 aromatic carbocycles. The quantitative estimate of drug-likeness (QED) is 0.171. The first-order valence-electron chi connectivity index (χ1n) is 11.9. The second-order valence-corrected chi connectivity index (χ2v) is 10.2. The summed E-state index contributed by atoms with van der Waals surface area (Å²) in [7, 11) is -1.76. The average Bonchev–Trinajstić information content (AvgIpc) is 2.81. The number of thiol groups is 1. The Bertz CT molecular complexity index is 955. The van der Waals surface area contributed by atoms with Crippen LogP contribution in [0.3, 0.4) is 0 Å². The summed E-state index contributed by atoms with van der Waals surface area (Å²) in [6.45, 7) is 5.88. The summed E-state index contributed by atoms with van der Waals surface area (Å²) >= 11 is 0. The van der Waals surface area contributed by atoms with Gasteiger partial charge in [-0.1, -0.05) is 41.5 Å². The van der Waals surface area contributed by atoms with E-state index in [0.717, 1.165) is 12.0 Å². The van der Waals surface area contributed by atoms with Gasteiger partial charge in [0.25, 0.3) is 5.91 Å². The Morgan fingerprint density at radius 1 is 1.08 bits per heavy atom. The summed E-state index contributed by atoms with van der Waals surface area (Å²) in [5, 5.41) is 32.8. The smallest absolute Gasteiger partial charge is 0.251 e. The number of amides is 1. The molecule has 11 heteroatoms. The van der Waals surface area contributed by atoms with E-state index in [2.05, 4.69) is 10.3 Å². The van der Waals surface area contributed by atoms with Gasteiger partial charge in [-0.25, -0.2) is 4.98 Å². The molecule has 9 nitrogen and oxygen atoms in total. The predicted molar refractivity (Wildman–Crippen MR) is 141 cm³/mol. The molecule has 2 aromatic rings. The molecule has 0 aliphatic heterocycles. The molecule has 0 saturated heterocycles. The molecule has 0 spiro atoms. The third-order valence-corrected chi connectivity index (χ3v) is 6.36. The summed E-state index contributed by atoms with van der Waals surface area (Å²) in [6, 6.07) is 12.3. The molecular formula is C25H39N4O5SU+. The number of aliphatic hydroxyl groups is 3. The minimum atomic E-state index is -1.76. The van der Waals surface area contributed by atoms with Gasteiger partial charge < -0.3 is 25.5 Å². The molecular weight excluding hydrogens is 706 g/mol. The zero-order chi connectivity index (χ0) is 26.0. The van der Waals surface area contributed by atoms with Gasteiger partial charge in [-0.05, 0) is 44.4 Å². The van der Waals surface area contributed by atoms with Crippen LogP contribution in [0.15, 0.2) is 42.5 Å². The number of hydrogen-bond donors (Lipinski definition) is 4. The third-order valence-electron chi connectivity index (χ3n) is 5.27. The first-order valence-corrected chi connectivity index (χ1v) is 13.6. The molecule has 3 unspecified atom stereocenters. The first-order chi connectivity index (χ1) is 16.6. The zero-order valence-electron chi connectivity index (χ0n) is 21.5. The van der Waals surface area contributed by atoms with Gasteiger partial charge in [-0.3, -0.25) is 4.79 Å². The minimum Gasteiger partial charge on any atom is -0.394 e. The van der Waals surface area contributed by atoms with Crippen molar-refractivity contribution in [2.24, 2.45) is 0 Å². The number of carbonyl (C=O) groups is 1.